The molecular weight excluding hydrogens is 310 g/mol. The molecule has 3 aromatic rings. The number of rotatable bonds is 4. The molecule has 2 aromatic heterocycles. The number of hydrogen-bond acceptors (Lipinski definition) is 4. The summed E-state index contributed by atoms with van der Waals surface area (Å²) in [5, 5.41) is 8.14. The van der Waals surface area contributed by atoms with E-state index in [1.807, 2.05) is 48.7 Å². The zero-order valence-corrected chi connectivity index (χ0v) is 13.3. The van der Waals surface area contributed by atoms with Gasteiger partial charge in [0, 0.05) is 6.07 Å². The summed E-state index contributed by atoms with van der Waals surface area (Å²) >= 11 is 1.46. The number of nitrogens with zero attached hydrogens (tertiary/aromatic N) is 1. The van der Waals surface area contributed by atoms with Crippen LogP contribution in [0.2, 0.25) is 0 Å². The van der Waals surface area contributed by atoms with Gasteiger partial charge in [0.05, 0.1) is 16.9 Å². The average molecular weight is 325 g/mol. The Morgan fingerprint density at radius 2 is 2.04 bits per heavy atom. The monoisotopic (exact) mass is 325 g/mol. The van der Waals surface area contributed by atoms with Gasteiger partial charge >= 0.3 is 6.03 Å². The van der Waals surface area contributed by atoms with Crippen LogP contribution in [0.15, 0.2) is 60.1 Å². The molecule has 0 bridgehead atoms. The van der Waals surface area contributed by atoms with E-state index in [1.165, 1.54) is 11.3 Å². The molecule has 0 atom stereocenters. The maximum atomic E-state index is 11.8. The molecule has 0 aliphatic carbocycles. The standard InChI is InChI=1S/C17H15N3O2S/c1-12-4-2-5-14(10-12)22-15-8-7-13(11-18-15)19-17(21)20-16-6-3-9-23-16/h2-11H,1H3,(H2,19,20,21). The first-order valence-electron chi connectivity index (χ1n) is 7.01. The molecular formula is C17H15N3O2S. The first-order valence-corrected chi connectivity index (χ1v) is 7.89. The van der Waals surface area contributed by atoms with Gasteiger partial charge in [-0.15, -0.1) is 11.3 Å². The Morgan fingerprint density at radius 1 is 1.13 bits per heavy atom. The fourth-order valence-corrected chi connectivity index (χ4v) is 2.55. The van der Waals surface area contributed by atoms with Crippen LogP contribution >= 0.6 is 11.3 Å². The molecule has 0 aliphatic heterocycles. The third kappa shape index (κ3) is 4.31. The van der Waals surface area contributed by atoms with Gasteiger partial charge in [0.2, 0.25) is 5.88 Å². The molecule has 0 fully saturated rings. The van der Waals surface area contributed by atoms with Crippen molar-refractivity contribution in [2.75, 3.05) is 10.6 Å². The molecule has 2 amide bonds. The highest BCUT2D eigenvalue weighted by Crippen LogP contribution is 2.21. The Kier molecular flexibility index (Phi) is 4.54. The number of anilines is 2. The molecule has 3 rings (SSSR count). The minimum Gasteiger partial charge on any atom is -0.439 e. The van der Waals surface area contributed by atoms with Crippen molar-refractivity contribution >= 4 is 28.1 Å². The van der Waals surface area contributed by atoms with Gasteiger partial charge in [-0.2, -0.15) is 0 Å². The smallest absolute Gasteiger partial charge is 0.324 e. The maximum Gasteiger partial charge on any atom is 0.324 e. The van der Waals surface area contributed by atoms with E-state index >= 15 is 0 Å². The lowest BCUT2D eigenvalue weighted by molar-refractivity contribution is 0.262. The number of aryl methyl sites for hydroxylation is 1. The molecule has 2 heterocycles. The maximum absolute atomic E-state index is 11.8. The van der Waals surface area contributed by atoms with E-state index in [9.17, 15) is 4.79 Å². The molecule has 116 valence electrons. The Hall–Kier alpha value is -2.86. The van der Waals surface area contributed by atoms with Gasteiger partial charge in [0.25, 0.3) is 0 Å². The minimum absolute atomic E-state index is 0.304. The van der Waals surface area contributed by atoms with Crippen molar-refractivity contribution in [3.63, 3.8) is 0 Å². The number of pyridine rings is 1. The second kappa shape index (κ2) is 6.93. The third-order valence-corrected chi connectivity index (χ3v) is 3.75. The fourth-order valence-electron chi connectivity index (χ4n) is 1.94. The van der Waals surface area contributed by atoms with E-state index in [0.29, 0.717) is 11.6 Å². The molecule has 0 unspecified atom stereocenters. The highest BCUT2D eigenvalue weighted by molar-refractivity contribution is 7.14. The van der Waals surface area contributed by atoms with Gasteiger partial charge in [0.1, 0.15) is 5.75 Å². The highest BCUT2D eigenvalue weighted by Gasteiger charge is 2.04. The number of carbonyl (C=O) groups is 1. The van der Waals surface area contributed by atoms with Crippen LogP contribution in [0.1, 0.15) is 5.56 Å². The number of amides is 2. The van der Waals surface area contributed by atoms with E-state index in [4.69, 9.17) is 4.74 Å². The zero-order valence-electron chi connectivity index (χ0n) is 12.4. The van der Waals surface area contributed by atoms with Crippen molar-refractivity contribution in [2.45, 2.75) is 6.92 Å². The lowest BCUT2D eigenvalue weighted by atomic mass is 10.2. The molecule has 6 heteroatoms. The number of thiophene rings is 1. The summed E-state index contributed by atoms with van der Waals surface area (Å²) < 4.78 is 5.67. The normalized spacial score (nSPS) is 10.1. The van der Waals surface area contributed by atoms with E-state index < -0.39 is 0 Å². The lowest BCUT2D eigenvalue weighted by Gasteiger charge is -2.08. The van der Waals surface area contributed by atoms with Gasteiger partial charge in [-0.25, -0.2) is 9.78 Å². The van der Waals surface area contributed by atoms with Crippen molar-refractivity contribution in [3.05, 3.63) is 65.7 Å². The molecule has 0 aliphatic rings. The molecule has 0 saturated heterocycles. The predicted octanol–water partition coefficient (Wildman–Crippen LogP) is 4.89. The van der Waals surface area contributed by atoms with Crippen LogP contribution in [0.3, 0.4) is 0 Å². The minimum atomic E-state index is -0.304. The summed E-state index contributed by atoms with van der Waals surface area (Å²) in [6, 6.07) is 14.6. The largest absolute Gasteiger partial charge is 0.439 e. The first-order chi connectivity index (χ1) is 11.2. The van der Waals surface area contributed by atoms with Crippen molar-refractivity contribution in [2.24, 2.45) is 0 Å². The number of benzene rings is 1. The zero-order chi connectivity index (χ0) is 16.1. The van der Waals surface area contributed by atoms with Gasteiger partial charge in [-0.1, -0.05) is 12.1 Å². The predicted molar refractivity (Wildman–Crippen MR) is 92.5 cm³/mol. The fraction of sp³-hybridized carbons (Fsp3) is 0.0588. The highest BCUT2D eigenvalue weighted by atomic mass is 32.1. The molecule has 23 heavy (non-hydrogen) atoms. The van der Waals surface area contributed by atoms with Crippen LogP contribution in [-0.2, 0) is 0 Å². The van der Waals surface area contributed by atoms with Crippen molar-refractivity contribution in [1.82, 2.24) is 4.98 Å². The van der Waals surface area contributed by atoms with E-state index in [0.717, 1.165) is 16.3 Å². The van der Waals surface area contributed by atoms with Gasteiger partial charge in [-0.3, -0.25) is 5.32 Å². The van der Waals surface area contributed by atoms with E-state index in [-0.39, 0.29) is 6.03 Å². The van der Waals surface area contributed by atoms with Crippen molar-refractivity contribution in [1.29, 1.82) is 0 Å². The van der Waals surface area contributed by atoms with Crippen LogP contribution in [0.25, 0.3) is 0 Å². The summed E-state index contributed by atoms with van der Waals surface area (Å²) in [6.45, 7) is 2.00. The number of urea groups is 1. The SMILES string of the molecule is Cc1cccc(Oc2ccc(NC(=O)Nc3cccs3)cn2)c1. The van der Waals surface area contributed by atoms with Gasteiger partial charge in [0.15, 0.2) is 0 Å². The number of aromatic nitrogens is 1. The average Bonchev–Trinajstić information content (AvgIpc) is 3.02. The second-order valence-corrected chi connectivity index (χ2v) is 5.81. The van der Waals surface area contributed by atoms with Gasteiger partial charge in [-0.05, 0) is 48.2 Å². The van der Waals surface area contributed by atoms with Crippen LogP contribution in [0.4, 0.5) is 15.5 Å². The summed E-state index contributed by atoms with van der Waals surface area (Å²) in [5.41, 5.74) is 1.71. The first kappa shape index (κ1) is 15.1. The number of ether oxygens (including phenoxy) is 1. The Bertz CT molecular complexity index is 786. The van der Waals surface area contributed by atoms with E-state index in [2.05, 4.69) is 15.6 Å². The Morgan fingerprint density at radius 3 is 2.74 bits per heavy atom. The van der Waals surface area contributed by atoms with Crippen LogP contribution in [-0.4, -0.2) is 11.0 Å². The third-order valence-electron chi connectivity index (χ3n) is 2.96. The topological polar surface area (TPSA) is 63.2 Å². The Labute approximate surface area is 138 Å². The summed E-state index contributed by atoms with van der Waals surface area (Å²) in [7, 11) is 0. The van der Waals surface area contributed by atoms with Crippen LogP contribution in [0, 0.1) is 6.92 Å². The van der Waals surface area contributed by atoms with Crippen LogP contribution < -0.4 is 15.4 Å². The molecule has 0 saturated carbocycles. The molecule has 2 N–H and O–H groups in total. The molecule has 0 radical (unpaired) electrons. The number of carbonyl (C=O) groups excluding carboxylic acids is 1. The molecule has 0 spiro atoms. The number of nitrogens with one attached hydrogen (secondary N) is 2. The second-order valence-electron chi connectivity index (χ2n) is 4.86. The van der Waals surface area contributed by atoms with E-state index in [1.54, 1.807) is 18.3 Å². The van der Waals surface area contributed by atoms with Gasteiger partial charge < -0.3 is 10.1 Å². The lowest BCUT2D eigenvalue weighted by Crippen LogP contribution is -2.18. The quantitative estimate of drug-likeness (QED) is 0.718. The van der Waals surface area contributed by atoms with Crippen molar-refractivity contribution < 1.29 is 9.53 Å². The summed E-state index contributed by atoms with van der Waals surface area (Å²) in [4.78, 5) is 16.0. The Balaban J connectivity index is 1.59. The number of hydrogen-bond donors (Lipinski definition) is 2. The molecule has 5 nitrogen and oxygen atoms in total. The summed E-state index contributed by atoms with van der Waals surface area (Å²) in [6.07, 6.45) is 1.55. The van der Waals surface area contributed by atoms with Crippen molar-refractivity contribution in [3.8, 4) is 11.6 Å². The van der Waals surface area contributed by atoms with Crippen LogP contribution in [0.5, 0.6) is 11.6 Å². The molecule has 1 aromatic carbocycles. The summed E-state index contributed by atoms with van der Waals surface area (Å²) in [5.74, 6) is 1.20.